The first-order valence-corrected chi connectivity index (χ1v) is 12.6. The van der Waals surface area contributed by atoms with Crippen molar-refractivity contribution in [3.63, 3.8) is 0 Å². The molecule has 33 heavy (non-hydrogen) atoms. The van der Waals surface area contributed by atoms with E-state index in [0.717, 1.165) is 38.3 Å². The fraction of sp³-hybridized carbons (Fsp3) is 0.370. The van der Waals surface area contributed by atoms with E-state index in [4.69, 9.17) is 0 Å². The zero-order valence-corrected chi connectivity index (χ0v) is 21.2. The molecule has 0 radical (unpaired) electrons. The highest BCUT2D eigenvalue weighted by Gasteiger charge is 2.30. The largest absolute Gasteiger partial charge is 0.389 e. The number of aryl methyl sites for hydroxylation is 2. The van der Waals surface area contributed by atoms with Crippen molar-refractivity contribution >= 4 is 29.4 Å². The topological polar surface area (TPSA) is 17.1 Å². The van der Waals surface area contributed by atoms with Gasteiger partial charge in [0, 0.05) is 21.4 Å². The average Bonchev–Trinajstić information content (AvgIpc) is 3.19. The molecule has 1 unspecified atom stereocenters. The second-order valence-electron chi connectivity index (χ2n) is 9.38. The van der Waals surface area contributed by atoms with Crippen molar-refractivity contribution in [2.75, 3.05) is 0 Å². The summed E-state index contributed by atoms with van der Waals surface area (Å²) < 4.78 is 38.9. The van der Waals surface area contributed by atoms with E-state index < -0.39 is 12.6 Å². The van der Waals surface area contributed by atoms with Gasteiger partial charge in [0.25, 0.3) is 0 Å². The van der Waals surface area contributed by atoms with Gasteiger partial charge in [0.2, 0.25) is 0 Å². The first kappa shape index (κ1) is 25.6. The maximum absolute atomic E-state index is 13.0. The first-order chi connectivity index (χ1) is 15.4. The fourth-order valence-electron chi connectivity index (χ4n) is 3.91. The Kier molecular flexibility index (Phi) is 7.80. The molecule has 0 saturated heterocycles. The van der Waals surface area contributed by atoms with Crippen molar-refractivity contribution in [3.8, 4) is 11.1 Å². The Morgan fingerprint density at radius 1 is 0.970 bits per heavy atom. The minimum Gasteiger partial charge on any atom is -0.297 e. The summed E-state index contributed by atoms with van der Waals surface area (Å²) in [5.41, 5.74) is 5.83. The molecule has 3 rings (SSSR count). The van der Waals surface area contributed by atoms with Crippen LogP contribution in [0.2, 0.25) is 0 Å². The number of carbonyl (C=O) groups excluding carboxylic acids is 1. The van der Waals surface area contributed by atoms with E-state index in [9.17, 15) is 18.0 Å². The van der Waals surface area contributed by atoms with Gasteiger partial charge in [-0.3, -0.25) is 4.79 Å². The molecule has 1 nitrogen and oxygen atoms in total. The Morgan fingerprint density at radius 3 is 2.06 bits per heavy atom. The highest BCUT2D eigenvalue weighted by molar-refractivity contribution is 7.99. The maximum atomic E-state index is 13.0. The van der Waals surface area contributed by atoms with Crippen LogP contribution in [0.4, 0.5) is 13.2 Å². The lowest BCUT2D eigenvalue weighted by Crippen LogP contribution is -2.10. The van der Waals surface area contributed by atoms with Gasteiger partial charge in [-0.25, -0.2) is 0 Å². The molecule has 3 aromatic rings. The normalized spacial score (nSPS) is 13.2. The van der Waals surface area contributed by atoms with Crippen LogP contribution in [-0.2, 0) is 5.41 Å². The number of carbonyl (C=O) groups is 1. The third kappa shape index (κ3) is 6.73. The van der Waals surface area contributed by atoms with Crippen LogP contribution in [0.3, 0.4) is 0 Å². The molecule has 0 saturated carbocycles. The number of thiophene rings is 1. The van der Waals surface area contributed by atoms with Crippen LogP contribution in [0.25, 0.3) is 11.1 Å². The molecule has 2 aromatic carbocycles. The Morgan fingerprint density at radius 2 is 1.58 bits per heavy atom. The molecule has 0 spiro atoms. The number of alkyl halides is 3. The van der Waals surface area contributed by atoms with E-state index in [-0.39, 0.29) is 17.1 Å². The van der Waals surface area contributed by atoms with Gasteiger partial charge in [-0.1, -0.05) is 45.0 Å². The van der Waals surface area contributed by atoms with Crippen LogP contribution in [0.15, 0.2) is 53.4 Å². The van der Waals surface area contributed by atoms with E-state index in [2.05, 4.69) is 57.2 Å². The van der Waals surface area contributed by atoms with Crippen LogP contribution in [0.1, 0.15) is 70.1 Å². The van der Waals surface area contributed by atoms with Crippen molar-refractivity contribution in [3.05, 3.63) is 75.0 Å². The number of rotatable bonds is 7. The molecule has 0 fully saturated rings. The molecular weight excluding hydrogens is 461 g/mol. The van der Waals surface area contributed by atoms with Crippen LogP contribution in [-0.4, -0.2) is 12.5 Å². The molecule has 0 amide bonds. The Labute approximate surface area is 202 Å². The van der Waals surface area contributed by atoms with Gasteiger partial charge in [-0.15, -0.1) is 23.1 Å². The van der Waals surface area contributed by atoms with E-state index in [1.165, 1.54) is 28.7 Å². The summed E-state index contributed by atoms with van der Waals surface area (Å²) in [5.74, 6) is 0. The quantitative estimate of drug-likeness (QED) is 0.242. The smallest absolute Gasteiger partial charge is 0.297 e. The average molecular weight is 491 g/mol. The minimum absolute atomic E-state index is 0.0267. The van der Waals surface area contributed by atoms with Crippen LogP contribution < -0.4 is 0 Å². The number of hydrogen-bond acceptors (Lipinski definition) is 3. The van der Waals surface area contributed by atoms with Crippen LogP contribution in [0.5, 0.6) is 0 Å². The Balaban J connectivity index is 1.89. The molecule has 0 aliphatic heterocycles. The van der Waals surface area contributed by atoms with Gasteiger partial charge in [0.1, 0.15) is 0 Å². The minimum atomic E-state index is -4.21. The molecule has 176 valence electrons. The summed E-state index contributed by atoms with van der Waals surface area (Å²) >= 11 is 2.71. The SMILES string of the molecule is Cc1cc(SC(CCC(F)(F)F)c2ccc(C=O)s2)cc(C)c1-c1ccc(C(C)(C)C)cc1. The standard InChI is InChI=1S/C27H29F3OS2/c1-17-14-22(15-18(2)25(17)19-6-8-20(9-7-19)26(3,4)5)33-24(12-13-27(28,29)30)23-11-10-21(16-31)32-23/h6-11,14-16,24H,12-13H2,1-5H3. The molecular formula is C27H29F3OS2. The second kappa shape index (κ2) is 10.1. The molecule has 0 aliphatic rings. The zero-order valence-electron chi connectivity index (χ0n) is 19.5. The van der Waals surface area contributed by atoms with Gasteiger partial charge >= 0.3 is 6.18 Å². The molecule has 6 heteroatoms. The van der Waals surface area contributed by atoms with Gasteiger partial charge in [-0.05, 0) is 77.8 Å². The predicted molar refractivity (Wildman–Crippen MR) is 134 cm³/mol. The first-order valence-electron chi connectivity index (χ1n) is 10.9. The number of thioether (sulfide) groups is 1. The highest BCUT2D eigenvalue weighted by Crippen LogP contribution is 2.44. The molecule has 0 N–H and O–H groups in total. The van der Waals surface area contributed by atoms with E-state index in [1.54, 1.807) is 12.1 Å². The molecule has 1 aromatic heterocycles. The summed E-state index contributed by atoms with van der Waals surface area (Å²) in [6.07, 6.45) is -4.34. The van der Waals surface area contributed by atoms with Crippen molar-refractivity contribution in [1.82, 2.24) is 0 Å². The van der Waals surface area contributed by atoms with Gasteiger partial charge in [-0.2, -0.15) is 13.2 Å². The number of benzene rings is 2. The molecule has 1 atom stereocenters. The Bertz CT molecular complexity index is 1080. The summed E-state index contributed by atoms with van der Waals surface area (Å²) in [5, 5.41) is -0.360. The van der Waals surface area contributed by atoms with Crippen molar-refractivity contribution in [1.29, 1.82) is 0 Å². The van der Waals surface area contributed by atoms with Crippen molar-refractivity contribution < 1.29 is 18.0 Å². The van der Waals surface area contributed by atoms with Gasteiger partial charge < -0.3 is 0 Å². The summed E-state index contributed by atoms with van der Waals surface area (Å²) in [4.78, 5) is 13.3. The third-order valence-electron chi connectivity index (χ3n) is 5.60. The molecule has 0 aliphatic carbocycles. The summed E-state index contributed by atoms with van der Waals surface area (Å²) in [7, 11) is 0. The number of halogens is 3. The lowest BCUT2D eigenvalue weighted by molar-refractivity contribution is -0.135. The fourth-order valence-corrected chi connectivity index (χ4v) is 6.29. The lowest BCUT2D eigenvalue weighted by atomic mass is 9.85. The Hall–Kier alpha value is -2.05. The maximum Gasteiger partial charge on any atom is 0.389 e. The van der Waals surface area contributed by atoms with E-state index >= 15 is 0 Å². The van der Waals surface area contributed by atoms with Crippen molar-refractivity contribution in [2.45, 2.75) is 69.2 Å². The van der Waals surface area contributed by atoms with Crippen molar-refractivity contribution in [2.24, 2.45) is 0 Å². The number of hydrogen-bond donors (Lipinski definition) is 0. The predicted octanol–water partition coefficient (Wildman–Crippen LogP) is 9.32. The van der Waals surface area contributed by atoms with Crippen LogP contribution in [0, 0.1) is 13.8 Å². The molecule has 0 bridgehead atoms. The molecule has 1 heterocycles. The second-order valence-corrected chi connectivity index (χ2v) is 11.8. The van der Waals surface area contributed by atoms with E-state index in [0.29, 0.717) is 4.88 Å². The van der Waals surface area contributed by atoms with E-state index in [1.807, 2.05) is 13.8 Å². The zero-order chi connectivity index (χ0) is 24.4. The number of aldehydes is 1. The summed E-state index contributed by atoms with van der Waals surface area (Å²) in [6, 6.07) is 16.2. The lowest BCUT2D eigenvalue weighted by Gasteiger charge is -2.21. The summed E-state index contributed by atoms with van der Waals surface area (Å²) in [6.45, 7) is 10.6. The third-order valence-corrected chi connectivity index (χ3v) is 8.15. The van der Waals surface area contributed by atoms with Gasteiger partial charge in [0.15, 0.2) is 6.29 Å². The monoisotopic (exact) mass is 490 g/mol. The highest BCUT2D eigenvalue weighted by atomic mass is 32.2. The van der Waals surface area contributed by atoms with Gasteiger partial charge in [0.05, 0.1) is 4.88 Å². The van der Waals surface area contributed by atoms with Crippen LogP contribution >= 0.6 is 23.1 Å².